The lowest BCUT2D eigenvalue weighted by molar-refractivity contribution is -0.132. The molecule has 7 heteroatoms. The molecule has 0 atom stereocenters. The molecule has 0 aliphatic carbocycles. The predicted octanol–water partition coefficient (Wildman–Crippen LogP) is 2.73. The van der Waals surface area contributed by atoms with Crippen molar-refractivity contribution in [2.75, 3.05) is 26.2 Å². The topological polar surface area (TPSA) is 62.5 Å². The van der Waals surface area contributed by atoms with Crippen LogP contribution in [0.5, 0.6) is 0 Å². The van der Waals surface area contributed by atoms with E-state index in [2.05, 4.69) is 15.0 Å². The average Bonchev–Trinajstić information content (AvgIpc) is 3.06. The lowest BCUT2D eigenvalue weighted by Crippen LogP contribution is -2.48. The van der Waals surface area contributed by atoms with Gasteiger partial charge in [0.2, 0.25) is 11.8 Å². The number of piperazine rings is 1. The van der Waals surface area contributed by atoms with Gasteiger partial charge >= 0.3 is 0 Å². The average molecular weight is 363 g/mol. The molecule has 1 saturated heterocycles. The van der Waals surface area contributed by atoms with Crippen molar-refractivity contribution in [2.24, 2.45) is 0 Å². The number of amides is 1. The van der Waals surface area contributed by atoms with Gasteiger partial charge < -0.3 is 9.42 Å². The Labute approximate surface area is 152 Å². The number of nitrogens with zero attached hydrogens (tertiary/aromatic N) is 4. The molecule has 0 N–H and O–H groups in total. The molecule has 2 heterocycles. The quantitative estimate of drug-likeness (QED) is 0.818. The Morgan fingerprint density at radius 2 is 1.96 bits per heavy atom. The second kappa shape index (κ2) is 7.97. The van der Waals surface area contributed by atoms with Crippen LogP contribution in [0.2, 0.25) is 5.02 Å². The van der Waals surface area contributed by atoms with E-state index < -0.39 is 0 Å². The van der Waals surface area contributed by atoms with Gasteiger partial charge in [0.1, 0.15) is 0 Å². The van der Waals surface area contributed by atoms with E-state index in [-0.39, 0.29) is 11.8 Å². The Bertz CT molecular complexity index is 723. The molecule has 0 radical (unpaired) electrons. The fourth-order valence-corrected chi connectivity index (χ4v) is 3.03. The molecule has 6 nitrogen and oxygen atoms in total. The highest BCUT2D eigenvalue weighted by Crippen LogP contribution is 2.17. The number of hydrogen-bond acceptors (Lipinski definition) is 5. The van der Waals surface area contributed by atoms with E-state index in [1.165, 1.54) is 0 Å². The summed E-state index contributed by atoms with van der Waals surface area (Å²) >= 11 is 6.14. The zero-order chi connectivity index (χ0) is 17.8. The molecular weight excluding hydrogens is 340 g/mol. The van der Waals surface area contributed by atoms with E-state index in [4.69, 9.17) is 16.1 Å². The van der Waals surface area contributed by atoms with Crippen LogP contribution in [0.15, 0.2) is 28.8 Å². The van der Waals surface area contributed by atoms with Gasteiger partial charge in [-0.3, -0.25) is 9.69 Å². The lowest BCUT2D eigenvalue weighted by Gasteiger charge is -2.34. The third kappa shape index (κ3) is 4.58. The zero-order valence-electron chi connectivity index (χ0n) is 14.6. The Morgan fingerprint density at radius 3 is 2.60 bits per heavy atom. The third-order valence-electron chi connectivity index (χ3n) is 4.38. The highest BCUT2D eigenvalue weighted by Gasteiger charge is 2.23. The fourth-order valence-electron chi connectivity index (χ4n) is 2.83. The molecule has 1 fully saturated rings. The maximum Gasteiger partial charge on any atom is 0.240 e. The normalized spacial score (nSPS) is 15.8. The van der Waals surface area contributed by atoms with Crippen molar-refractivity contribution >= 4 is 17.5 Å². The van der Waals surface area contributed by atoms with Crippen molar-refractivity contribution in [1.29, 1.82) is 0 Å². The van der Waals surface area contributed by atoms with Gasteiger partial charge in [-0.15, -0.1) is 0 Å². The van der Waals surface area contributed by atoms with Crippen molar-refractivity contribution < 1.29 is 9.32 Å². The van der Waals surface area contributed by atoms with Gasteiger partial charge in [-0.1, -0.05) is 48.8 Å². The van der Waals surface area contributed by atoms with Gasteiger partial charge in [-0.25, -0.2) is 0 Å². The van der Waals surface area contributed by atoms with Crippen molar-refractivity contribution in [2.45, 2.75) is 32.7 Å². The minimum absolute atomic E-state index is 0.118. The van der Waals surface area contributed by atoms with Gasteiger partial charge in [0.05, 0.1) is 13.0 Å². The molecule has 1 aromatic heterocycles. The summed E-state index contributed by atoms with van der Waals surface area (Å²) in [6.07, 6.45) is 0.348. The SMILES string of the molecule is CC(C)c1noc(CN2CCN(C(=O)Cc3ccccc3Cl)CC2)n1. The maximum absolute atomic E-state index is 12.5. The molecule has 0 saturated carbocycles. The van der Waals surface area contributed by atoms with Crippen molar-refractivity contribution in [3.63, 3.8) is 0 Å². The number of benzene rings is 1. The summed E-state index contributed by atoms with van der Waals surface area (Å²) in [5.41, 5.74) is 0.878. The van der Waals surface area contributed by atoms with Crippen molar-refractivity contribution in [3.8, 4) is 0 Å². The summed E-state index contributed by atoms with van der Waals surface area (Å²) in [7, 11) is 0. The molecule has 25 heavy (non-hydrogen) atoms. The van der Waals surface area contributed by atoms with Crippen LogP contribution in [-0.2, 0) is 17.8 Å². The van der Waals surface area contributed by atoms with E-state index in [1.807, 2.05) is 43.0 Å². The molecule has 1 aliphatic heterocycles. The number of halogens is 1. The Morgan fingerprint density at radius 1 is 1.24 bits per heavy atom. The number of aromatic nitrogens is 2. The van der Waals surface area contributed by atoms with Gasteiger partial charge in [-0.2, -0.15) is 4.98 Å². The van der Waals surface area contributed by atoms with Crippen LogP contribution >= 0.6 is 11.6 Å². The molecule has 0 spiro atoms. The number of carbonyl (C=O) groups excluding carboxylic acids is 1. The van der Waals surface area contributed by atoms with E-state index in [1.54, 1.807) is 0 Å². The Hall–Kier alpha value is -1.92. The van der Waals surface area contributed by atoms with E-state index in [9.17, 15) is 4.79 Å². The molecule has 134 valence electrons. The second-order valence-corrected chi connectivity index (χ2v) is 7.03. The van der Waals surface area contributed by atoms with E-state index >= 15 is 0 Å². The first-order valence-corrected chi connectivity index (χ1v) is 8.96. The van der Waals surface area contributed by atoms with Gasteiger partial charge in [0.25, 0.3) is 0 Å². The van der Waals surface area contributed by atoms with Gasteiger partial charge in [-0.05, 0) is 11.6 Å². The maximum atomic E-state index is 12.5. The molecular formula is C18H23ClN4O2. The molecule has 1 aliphatic rings. The van der Waals surface area contributed by atoms with Crippen LogP contribution in [0.3, 0.4) is 0 Å². The largest absolute Gasteiger partial charge is 0.340 e. The highest BCUT2D eigenvalue weighted by atomic mass is 35.5. The smallest absolute Gasteiger partial charge is 0.240 e. The molecule has 0 bridgehead atoms. The summed E-state index contributed by atoms with van der Waals surface area (Å²) in [5, 5.41) is 4.63. The summed E-state index contributed by atoms with van der Waals surface area (Å²) in [6, 6.07) is 7.50. The van der Waals surface area contributed by atoms with E-state index in [0.717, 1.165) is 24.5 Å². The first kappa shape index (κ1) is 17.9. The summed E-state index contributed by atoms with van der Waals surface area (Å²) < 4.78 is 5.30. The summed E-state index contributed by atoms with van der Waals surface area (Å²) in [4.78, 5) is 21.0. The van der Waals surface area contributed by atoms with Crippen LogP contribution < -0.4 is 0 Å². The number of hydrogen-bond donors (Lipinski definition) is 0. The zero-order valence-corrected chi connectivity index (χ0v) is 15.4. The number of rotatable bonds is 5. The Kier molecular flexibility index (Phi) is 5.71. The molecule has 1 aromatic carbocycles. The van der Waals surface area contributed by atoms with Crippen LogP contribution in [0.1, 0.15) is 37.0 Å². The van der Waals surface area contributed by atoms with Crippen molar-refractivity contribution in [3.05, 3.63) is 46.6 Å². The van der Waals surface area contributed by atoms with Crippen LogP contribution in [0, 0.1) is 0 Å². The van der Waals surface area contributed by atoms with E-state index in [0.29, 0.717) is 37.0 Å². The predicted molar refractivity (Wildman–Crippen MR) is 95.4 cm³/mol. The third-order valence-corrected chi connectivity index (χ3v) is 4.75. The Balaban J connectivity index is 1.49. The minimum Gasteiger partial charge on any atom is -0.340 e. The first-order chi connectivity index (χ1) is 12.0. The lowest BCUT2D eigenvalue weighted by atomic mass is 10.1. The van der Waals surface area contributed by atoms with Gasteiger partial charge in [0, 0.05) is 37.1 Å². The second-order valence-electron chi connectivity index (χ2n) is 6.63. The van der Waals surface area contributed by atoms with Crippen LogP contribution in [0.25, 0.3) is 0 Å². The molecule has 2 aromatic rings. The molecule has 1 amide bonds. The monoisotopic (exact) mass is 362 g/mol. The first-order valence-electron chi connectivity index (χ1n) is 8.59. The number of carbonyl (C=O) groups is 1. The summed E-state index contributed by atoms with van der Waals surface area (Å²) in [6.45, 7) is 7.71. The standard InChI is InChI=1S/C18H23ClN4O2/c1-13(2)18-20-16(25-21-18)12-22-7-9-23(10-8-22)17(24)11-14-5-3-4-6-15(14)19/h3-6,13H,7-12H2,1-2H3. The molecule has 0 unspecified atom stereocenters. The van der Waals surface area contributed by atoms with Crippen LogP contribution in [0.4, 0.5) is 0 Å². The fraction of sp³-hybridized carbons (Fsp3) is 0.500. The highest BCUT2D eigenvalue weighted by molar-refractivity contribution is 6.31. The summed E-state index contributed by atoms with van der Waals surface area (Å²) in [5.74, 6) is 1.76. The van der Waals surface area contributed by atoms with Gasteiger partial charge in [0.15, 0.2) is 5.82 Å². The van der Waals surface area contributed by atoms with Crippen LogP contribution in [-0.4, -0.2) is 52.0 Å². The minimum atomic E-state index is 0.118. The van der Waals surface area contributed by atoms with Crippen molar-refractivity contribution in [1.82, 2.24) is 19.9 Å². The molecule has 3 rings (SSSR count).